The molecule has 7 rings (SSSR count). The maximum Gasteiger partial charge on any atom is 0.238 e. The van der Waals surface area contributed by atoms with Gasteiger partial charge in [0.1, 0.15) is 11.5 Å². The first-order valence-corrected chi connectivity index (χ1v) is 14.1. The highest BCUT2D eigenvalue weighted by Gasteiger charge is 2.70. The lowest BCUT2D eigenvalue weighted by atomic mass is 9.64. The van der Waals surface area contributed by atoms with Crippen molar-refractivity contribution in [2.45, 2.75) is 24.4 Å². The number of para-hydroxylation sites is 1. The van der Waals surface area contributed by atoms with Crippen LogP contribution < -0.4 is 10.2 Å². The monoisotopic (exact) mass is 588 g/mol. The smallest absolute Gasteiger partial charge is 0.238 e. The van der Waals surface area contributed by atoms with E-state index in [1.54, 1.807) is 24.3 Å². The molecule has 0 aromatic heterocycles. The number of benzene rings is 4. The van der Waals surface area contributed by atoms with Crippen molar-refractivity contribution in [3.05, 3.63) is 135 Å². The second-order valence-corrected chi connectivity index (χ2v) is 11.6. The molecule has 3 heterocycles. The molecule has 5 nitrogen and oxygen atoms in total. The minimum Gasteiger partial charge on any atom is -0.352 e. The molecule has 1 spiro atoms. The van der Waals surface area contributed by atoms with Crippen LogP contribution >= 0.6 is 15.9 Å². The van der Waals surface area contributed by atoms with Gasteiger partial charge in [-0.2, -0.15) is 0 Å². The van der Waals surface area contributed by atoms with Crippen LogP contribution in [0.25, 0.3) is 6.08 Å². The van der Waals surface area contributed by atoms with Gasteiger partial charge in [0.25, 0.3) is 0 Å². The number of carbonyl (C=O) groups excluding carboxylic acids is 3. The molecule has 1 saturated heterocycles. The van der Waals surface area contributed by atoms with Crippen molar-refractivity contribution in [3.63, 3.8) is 0 Å². The van der Waals surface area contributed by atoms with Crippen LogP contribution in [-0.2, 0) is 10.2 Å². The van der Waals surface area contributed by atoms with Gasteiger partial charge in [-0.3, -0.25) is 14.4 Å². The predicted molar refractivity (Wildman–Crippen MR) is 160 cm³/mol. The summed E-state index contributed by atoms with van der Waals surface area (Å²) in [5.74, 6) is -1.66. The molecule has 0 bridgehead atoms. The Balaban J connectivity index is 1.54. The SMILES string of the molecule is Cc1ccc2c(c1)C=C[C@@H]1N2[C@H](C(=O)c2ccccc2)[C@@H](C(=O)c2ccc(Br)cc2)[C@@]12C(=O)Nc1ccccc12. The third-order valence-electron chi connectivity index (χ3n) is 8.53. The van der Waals surface area contributed by atoms with Crippen LogP contribution in [0, 0.1) is 12.8 Å². The number of rotatable bonds is 4. The summed E-state index contributed by atoms with van der Waals surface area (Å²) < 4.78 is 0.843. The molecule has 0 aliphatic carbocycles. The number of aryl methyl sites for hydroxylation is 1. The van der Waals surface area contributed by atoms with E-state index in [1.807, 2.05) is 90.7 Å². The predicted octanol–water partition coefficient (Wildman–Crippen LogP) is 6.61. The Morgan fingerprint density at radius 1 is 0.850 bits per heavy atom. The topological polar surface area (TPSA) is 66.5 Å². The van der Waals surface area contributed by atoms with Gasteiger partial charge < -0.3 is 10.2 Å². The Morgan fingerprint density at radius 2 is 1.55 bits per heavy atom. The number of fused-ring (bicyclic) bond motifs is 6. The molecule has 40 heavy (non-hydrogen) atoms. The number of carbonyl (C=O) groups is 3. The van der Waals surface area contributed by atoms with Gasteiger partial charge in [-0.05, 0) is 48.4 Å². The largest absolute Gasteiger partial charge is 0.352 e. The lowest BCUT2D eigenvalue weighted by Gasteiger charge is -2.37. The number of nitrogens with zero attached hydrogens (tertiary/aromatic N) is 1. The van der Waals surface area contributed by atoms with Gasteiger partial charge in [-0.1, -0.05) is 100 Å². The molecule has 3 aliphatic rings. The number of halogens is 1. The van der Waals surface area contributed by atoms with Crippen molar-refractivity contribution in [2.75, 3.05) is 10.2 Å². The van der Waals surface area contributed by atoms with E-state index in [2.05, 4.69) is 27.3 Å². The average molecular weight is 589 g/mol. The quantitative estimate of drug-likeness (QED) is 0.272. The molecule has 0 unspecified atom stereocenters. The van der Waals surface area contributed by atoms with E-state index >= 15 is 0 Å². The third kappa shape index (κ3) is 3.42. The summed E-state index contributed by atoms with van der Waals surface area (Å²) in [5, 5.41) is 3.07. The van der Waals surface area contributed by atoms with Gasteiger partial charge in [-0.25, -0.2) is 0 Å². The first-order valence-electron chi connectivity index (χ1n) is 13.3. The van der Waals surface area contributed by atoms with E-state index in [0.29, 0.717) is 16.8 Å². The van der Waals surface area contributed by atoms with Crippen molar-refractivity contribution in [2.24, 2.45) is 5.92 Å². The Bertz CT molecular complexity index is 1730. The lowest BCUT2D eigenvalue weighted by Crippen LogP contribution is -2.51. The molecule has 0 radical (unpaired) electrons. The first kappa shape index (κ1) is 24.7. The van der Waals surface area contributed by atoms with Crippen LogP contribution in [0.5, 0.6) is 0 Å². The number of hydrogen-bond donors (Lipinski definition) is 1. The highest BCUT2D eigenvalue weighted by molar-refractivity contribution is 9.10. The van der Waals surface area contributed by atoms with Crippen LogP contribution in [0.15, 0.2) is 108 Å². The molecule has 0 saturated carbocycles. The van der Waals surface area contributed by atoms with Crippen molar-refractivity contribution in [1.82, 2.24) is 0 Å². The van der Waals surface area contributed by atoms with Crippen LogP contribution in [0.4, 0.5) is 11.4 Å². The first-order chi connectivity index (χ1) is 19.4. The van der Waals surface area contributed by atoms with Gasteiger partial charge in [0.05, 0.1) is 12.0 Å². The fourth-order valence-corrected chi connectivity index (χ4v) is 7.13. The summed E-state index contributed by atoms with van der Waals surface area (Å²) in [6, 6.07) is 28.4. The van der Waals surface area contributed by atoms with Crippen LogP contribution in [-0.4, -0.2) is 29.6 Å². The molecule has 4 atom stereocenters. The number of nitrogens with one attached hydrogen (secondary N) is 1. The van der Waals surface area contributed by atoms with Crippen molar-refractivity contribution in [3.8, 4) is 0 Å². The Kier molecular flexibility index (Phi) is 5.65. The summed E-state index contributed by atoms with van der Waals surface area (Å²) in [5.41, 5.74) is 3.97. The molecule has 6 heteroatoms. The molecule has 1 amide bonds. The Morgan fingerprint density at radius 3 is 2.33 bits per heavy atom. The van der Waals surface area contributed by atoms with E-state index in [9.17, 15) is 14.4 Å². The maximum atomic E-state index is 14.7. The zero-order valence-electron chi connectivity index (χ0n) is 21.7. The van der Waals surface area contributed by atoms with Gasteiger partial charge in [-0.15, -0.1) is 0 Å². The second-order valence-electron chi connectivity index (χ2n) is 10.7. The fraction of sp³-hybridized carbons (Fsp3) is 0.147. The molecule has 1 N–H and O–H groups in total. The van der Waals surface area contributed by atoms with E-state index < -0.39 is 23.4 Å². The van der Waals surface area contributed by atoms with Gasteiger partial charge in [0, 0.05) is 27.0 Å². The zero-order chi connectivity index (χ0) is 27.6. The van der Waals surface area contributed by atoms with E-state index in [-0.39, 0.29) is 17.5 Å². The molecular formula is C34H25BrN2O3. The average Bonchev–Trinajstić information content (AvgIpc) is 3.45. The molecule has 1 fully saturated rings. The third-order valence-corrected chi connectivity index (χ3v) is 9.05. The highest BCUT2D eigenvalue weighted by Crippen LogP contribution is 2.58. The summed E-state index contributed by atoms with van der Waals surface area (Å²) in [6.45, 7) is 2.03. The zero-order valence-corrected chi connectivity index (χ0v) is 23.3. The summed E-state index contributed by atoms with van der Waals surface area (Å²) >= 11 is 3.46. The molecular weight excluding hydrogens is 564 g/mol. The fourth-order valence-electron chi connectivity index (χ4n) is 6.87. The van der Waals surface area contributed by atoms with Crippen LogP contribution in [0.2, 0.25) is 0 Å². The Hall–Kier alpha value is -4.29. The van der Waals surface area contributed by atoms with Gasteiger partial charge in [0.2, 0.25) is 5.91 Å². The van der Waals surface area contributed by atoms with Crippen molar-refractivity contribution >= 4 is 50.9 Å². The van der Waals surface area contributed by atoms with Gasteiger partial charge in [0.15, 0.2) is 11.6 Å². The lowest BCUT2D eigenvalue weighted by molar-refractivity contribution is -0.121. The molecule has 4 aromatic rings. The van der Waals surface area contributed by atoms with Crippen molar-refractivity contribution < 1.29 is 14.4 Å². The molecule has 4 aromatic carbocycles. The van der Waals surface area contributed by atoms with E-state index in [1.165, 1.54) is 0 Å². The number of Topliss-reactive ketones (excluding diaryl/α,β-unsaturated/α-hetero) is 2. The number of anilines is 2. The minimum atomic E-state index is -1.31. The summed E-state index contributed by atoms with van der Waals surface area (Å²) in [6.07, 6.45) is 4.03. The van der Waals surface area contributed by atoms with E-state index in [4.69, 9.17) is 0 Å². The number of amides is 1. The van der Waals surface area contributed by atoms with Crippen LogP contribution in [0.1, 0.15) is 37.4 Å². The summed E-state index contributed by atoms with van der Waals surface area (Å²) in [7, 11) is 0. The van der Waals surface area contributed by atoms with Crippen molar-refractivity contribution in [1.29, 1.82) is 0 Å². The Labute approximate surface area is 240 Å². The van der Waals surface area contributed by atoms with E-state index in [0.717, 1.165) is 26.9 Å². The van der Waals surface area contributed by atoms with Crippen LogP contribution in [0.3, 0.4) is 0 Å². The second kappa shape index (κ2) is 9.14. The minimum absolute atomic E-state index is 0.183. The summed E-state index contributed by atoms with van der Waals surface area (Å²) in [4.78, 5) is 45.7. The maximum absolute atomic E-state index is 14.7. The molecule has 196 valence electrons. The molecule has 3 aliphatic heterocycles. The number of hydrogen-bond acceptors (Lipinski definition) is 4. The number of ketones is 2. The van der Waals surface area contributed by atoms with Gasteiger partial charge >= 0.3 is 0 Å². The normalized spacial score (nSPS) is 23.9. The standard InChI is InChI=1S/C34H25BrN2O3/c1-20-11-17-27-23(19-20)14-18-28-34(25-9-5-6-10-26(25)36-33(34)40)29(31(38)22-12-15-24(35)16-13-22)30(37(27)28)32(39)21-7-3-2-4-8-21/h2-19,28-30H,1H3,(H,36,40)/t28-,29-,30-,34-/m0/s1. The highest BCUT2D eigenvalue weighted by atomic mass is 79.9.